The molecule has 0 saturated heterocycles. The summed E-state index contributed by atoms with van der Waals surface area (Å²) in [5.74, 6) is 1.20. The largest absolute Gasteiger partial charge is 0.493 e. The SMILES string of the molecule is COc1cc2nc(-c3ccncc3)oc(=O)c2cc1OC. The highest BCUT2D eigenvalue weighted by Crippen LogP contribution is 2.30. The van der Waals surface area contributed by atoms with E-state index >= 15 is 0 Å². The lowest BCUT2D eigenvalue weighted by atomic mass is 10.2. The van der Waals surface area contributed by atoms with Crippen molar-refractivity contribution in [1.29, 1.82) is 0 Å². The van der Waals surface area contributed by atoms with Crippen LogP contribution in [0.15, 0.2) is 45.9 Å². The van der Waals surface area contributed by atoms with Gasteiger partial charge in [0.2, 0.25) is 5.89 Å². The Kier molecular flexibility index (Phi) is 3.27. The Hall–Kier alpha value is -2.89. The van der Waals surface area contributed by atoms with E-state index in [4.69, 9.17) is 13.9 Å². The van der Waals surface area contributed by atoms with Gasteiger partial charge in [-0.3, -0.25) is 4.98 Å². The van der Waals surface area contributed by atoms with Crippen molar-refractivity contribution in [2.45, 2.75) is 0 Å². The Bertz CT molecular complexity index is 843. The van der Waals surface area contributed by atoms with Crippen LogP contribution >= 0.6 is 0 Å². The first-order chi connectivity index (χ1) is 10.2. The van der Waals surface area contributed by atoms with Crippen LogP contribution in [0.5, 0.6) is 11.5 Å². The topological polar surface area (TPSA) is 74.5 Å². The first-order valence-corrected chi connectivity index (χ1v) is 6.20. The molecule has 0 radical (unpaired) electrons. The summed E-state index contributed by atoms with van der Waals surface area (Å²) in [6.45, 7) is 0. The number of rotatable bonds is 3. The van der Waals surface area contributed by atoms with Gasteiger partial charge in [-0.05, 0) is 12.1 Å². The Labute approximate surface area is 120 Å². The summed E-state index contributed by atoms with van der Waals surface area (Å²) in [5.41, 5.74) is 0.683. The fourth-order valence-electron chi connectivity index (χ4n) is 2.02. The average molecular weight is 284 g/mol. The Morgan fingerprint density at radius 3 is 2.38 bits per heavy atom. The van der Waals surface area contributed by atoms with Crippen molar-refractivity contribution in [3.8, 4) is 23.0 Å². The van der Waals surface area contributed by atoms with E-state index in [0.717, 1.165) is 0 Å². The molecule has 6 nitrogen and oxygen atoms in total. The van der Waals surface area contributed by atoms with E-state index in [1.165, 1.54) is 14.2 Å². The predicted molar refractivity (Wildman–Crippen MR) is 76.6 cm³/mol. The van der Waals surface area contributed by atoms with Crippen LogP contribution < -0.4 is 15.1 Å². The Balaban J connectivity index is 2.27. The number of fused-ring (bicyclic) bond motifs is 1. The highest BCUT2D eigenvalue weighted by atomic mass is 16.5. The predicted octanol–water partition coefficient (Wildman–Crippen LogP) is 2.27. The van der Waals surface area contributed by atoms with Crippen LogP contribution in [0.4, 0.5) is 0 Å². The number of methoxy groups -OCH3 is 2. The normalized spacial score (nSPS) is 10.6. The molecule has 0 aliphatic rings. The molecule has 0 fully saturated rings. The van der Waals surface area contributed by atoms with Crippen LogP contribution in [0.1, 0.15) is 0 Å². The van der Waals surface area contributed by atoms with Gasteiger partial charge in [-0.15, -0.1) is 0 Å². The van der Waals surface area contributed by atoms with Crippen molar-refractivity contribution in [3.05, 3.63) is 47.1 Å². The molecular formula is C15H12N2O4. The van der Waals surface area contributed by atoms with Crippen molar-refractivity contribution < 1.29 is 13.9 Å². The molecule has 0 spiro atoms. The molecule has 0 aliphatic carbocycles. The Morgan fingerprint density at radius 1 is 1.05 bits per heavy atom. The van der Waals surface area contributed by atoms with Gasteiger partial charge in [-0.25, -0.2) is 9.78 Å². The second-order valence-corrected chi connectivity index (χ2v) is 4.27. The number of hydrogen-bond acceptors (Lipinski definition) is 6. The summed E-state index contributed by atoms with van der Waals surface area (Å²) in [4.78, 5) is 20.4. The monoisotopic (exact) mass is 284 g/mol. The number of benzene rings is 1. The van der Waals surface area contributed by atoms with Crippen molar-refractivity contribution in [3.63, 3.8) is 0 Å². The first kappa shape index (κ1) is 13.1. The molecule has 0 unspecified atom stereocenters. The molecule has 0 atom stereocenters. The van der Waals surface area contributed by atoms with E-state index in [1.807, 2.05) is 0 Å². The standard InChI is InChI=1S/C15H12N2O4/c1-19-12-7-10-11(8-13(12)20-2)17-14(21-15(10)18)9-3-5-16-6-4-9/h3-8H,1-2H3. The molecule has 2 aromatic heterocycles. The second kappa shape index (κ2) is 5.24. The van der Waals surface area contributed by atoms with Crippen molar-refractivity contribution in [2.24, 2.45) is 0 Å². The third-order valence-corrected chi connectivity index (χ3v) is 3.06. The number of pyridine rings is 1. The average Bonchev–Trinajstić information content (AvgIpc) is 2.54. The summed E-state index contributed by atoms with van der Waals surface area (Å²) in [5, 5.41) is 0.338. The third kappa shape index (κ3) is 2.31. The molecule has 3 rings (SSSR count). The van der Waals surface area contributed by atoms with Crippen LogP contribution in [-0.4, -0.2) is 24.2 Å². The number of ether oxygens (including phenoxy) is 2. The first-order valence-electron chi connectivity index (χ1n) is 6.20. The maximum atomic E-state index is 12.1. The molecule has 0 aliphatic heterocycles. The van der Waals surface area contributed by atoms with E-state index in [9.17, 15) is 4.79 Å². The van der Waals surface area contributed by atoms with Gasteiger partial charge < -0.3 is 13.9 Å². The van der Waals surface area contributed by atoms with Gasteiger partial charge in [0.05, 0.1) is 25.1 Å². The van der Waals surface area contributed by atoms with Crippen molar-refractivity contribution in [1.82, 2.24) is 9.97 Å². The number of hydrogen-bond donors (Lipinski definition) is 0. The minimum atomic E-state index is -0.479. The van der Waals surface area contributed by atoms with E-state index in [0.29, 0.717) is 28.0 Å². The van der Waals surface area contributed by atoms with Crippen molar-refractivity contribution >= 4 is 10.9 Å². The van der Waals surface area contributed by atoms with E-state index in [-0.39, 0.29) is 5.89 Å². The fraction of sp³-hybridized carbons (Fsp3) is 0.133. The molecule has 2 heterocycles. The van der Waals surface area contributed by atoms with Gasteiger partial charge in [0.15, 0.2) is 11.5 Å². The van der Waals surface area contributed by atoms with Crippen molar-refractivity contribution in [2.75, 3.05) is 14.2 Å². The molecule has 1 aromatic carbocycles. The van der Waals surface area contributed by atoms with E-state index in [2.05, 4.69) is 9.97 Å². The molecule has 0 amide bonds. The minimum absolute atomic E-state index is 0.238. The van der Waals surface area contributed by atoms with Gasteiger partial charge in [0.25, 0.3) is 0 Å². The third-order valence-electron chi connectivity index (χ3n) is 3.06. The van der Waals surface area contributed by atoms with Gasteiger partial charge in [-0.1, -0.05) is 0 Å². The van der Waals surface area contributed by atoms with Crippen LogP contribution in [0, 0.1) is 0 Å². The highest BCUT2D eigenvalue weighted by Gasteiger charge is 2.13. The summed E-state index contributed by atoms with van der Waals surface area (Å²) >= 11 is 0. The van der Waals surface area contributed by atoms with E-state index < -0.39 is 5.63 Å². The summed E-state index contributed by atoms with van der Waals surface area (Å²) in [6, 6.07) is 6.65. The van der Waals surface area contributed by atoms with Gasteiger partial charge in [0.1, 0.15) is 0 Å². The molecule has 106 valence electrons. The number of nitrogens with zero attached hydrogens (tertiary/aromatic N) is 2. The fourth-order valence-corrected chi connectivity index (χ4v) is 2.02. The van der Waals surface area contributed by atoms with Crippen LogP contribution in [0.25, 0.3) is 22.4 Å². The Morgan fingerprint density at radius 2 is 1.71 bits per heavy atom. The lowest BCUT2D eigenvalue weighted by molar-refractivity contribution is 0.355. The molecule has 0 N–H and O–H groups in total. The summed E-state index contributed by atoms with van der Waals surface area (Å²) in [7, 11) is 3.03. The van der Waals surface area contributed by atoms with Gasteiger partial charge in [-0.2, -0.15) is 0 Å². The zero-order chi connectivity index (χ0) is 14.8. The smallest absolute Gasteiger partial charge is 0.347 e. The maximum Gasteiger partial charge on any atom is 0.347 e. The van der Waals surface area contributed by atoms with Crippen LogP contribution in [0.2, 0.25) is 0 Å². The maximum absolute atomic E-state index is 12.1. The van der Waals surface area contributed by atoms with Crippen LogP contribution in [-0.2, 0) is 0 Å². The number of aromatic nitrogens is 2. The second-order valence-electron chi connectivity index (χ2n) is 4.27. The lowest BCUT2D eigenvalue weighted by Gasteiger charge is -2.08. The lowest BCUT2D eigenvalue weighted by Crippen LogP contribution is -2.04. The molecule has 3 aromatic rings. The minimum Gasteiger partial charge on any atom is -0.493 e. The summed E-state index contributed by atoms with van der Waals surface area (Å²) in [6.07, 6.45) is 3.21. The molecule has 21 heavy (non-hydrogen) atoms. The molecule has 6 heteroatoms. The van der Waals surface area contributed by atoms with Crippen LogP contribution in [0.3, 0.4) is 0 Å². The van der Waals surface area contributed by atoms with Gasteiger partial charge in [0, 0.05) is 30.1 Å². The van der Waals surface area contributed by atoms with E-state index in [1.54, 1.807) is 36.7 Å². The molecule has 0 saturated carbocycles. The zero-order valence-corrected chi connectivity index (χ0v) is 11.5. The zero-order valence-electron chi connectivity index (χ0n) is 11.5. The summed E-state index contributed by atoms with van der Waals surface area (Å²) < 4.78 is 15.7. The molecular weight excluding hydrogens is 272 g/mol. The quantitative estimate of drug-likeness (QED) is 0.734. The molecule has 0 bridgehead atoms. The highest BCUT2D eigenvalue weighted by molar-refractivity contribution is 5.82. The van der Waals surface area contributed by atoms with Gasteiger partial charge >= 0.3 is 5.63 Å².